The first-order chi connectivity index (χ1) is 8.15. The SMILES string of the molecule is COCCNC(=O)C(C)NC(=O)C1CCCN1. The van der Waals surface area contributed by atoms with Gasteiger partial charge in [0.2, 0.25) is 11.8 Å². The van der Waals surface area contributed by atoms with Crippen LogP contribution in [-0.4, -0.2) is 50.7 Å². The van der Waals surface area contributed by atoms with Gasteiger partial charge in [0, 0.05) is 13.7 Å². The van der Waals surface area contributed by atoms with Gasteiger partial charge in [-0.15, -0.1) is 0 Å². The summed E-state index contributed by atoms with van der Waals surface area (Å²) in [5.74, 6) is -0.287. The number of ether oxygens (including phenoxy) is 1. The number of amides is 2. The molecule has 2 unspecified atom stereocenters. The molecule has 0 saturated carbocycles. The number of nitrogens with one attached hydrogen (secondary N) is 3. The summed E-state index contributed by atoms with van der Waals surface area (Å²) in [6.07, 6.45) is 1.84. The maximum atomic E-state index is 11.7. The fourth-order valence-corrected chi connectivity index (χ4v) is 1.72. The molecule has 1 saturated heterocycles. The molecule has 0 aromatic heterocycles. The van der Waals surface area contributed by atoms with Gasteiger partial charge in [-0.2, -0.15) is 0 Å². The van der Waals surface area contributed by atoms with E-state index in [1.165, 1.54) is 0 Å². The Bertz CT molecular complexity index is 265. The number of carbonyl (C=O) groups excluding carboxylic acids is 2. The lowest BCUT2D eigenvalue weighted by atomic mass is 10.2. The van der Waals surface area contributed by atoms with E-state index in [0.29, 0.717) is 13.2 Å². The van der Waals surface area contributed by atoms with Gasteiger partial charge in [-0.3, -0.25) is 9.59 Å². The molecule has 1 fully saturated rings. The van der Waals surface area contributed by atoms with Gasteiger partial charge >= 0.3 is 0 Å². The smallest absolute Gasteiger partial charge is 0.242 e. The van der Waals surface area contributed by atoms with Crippen LogP contribution in [0, 0.1) is 0 Å². The molecule has 0 aromatic rings. The zero-order valence-corrected chi connectivity index (χ0v) is 10.4. The molecule has 6 nitrogen and oxygen atoms in total. The summed E-state index contributed by atoms with van der Waals surface area (Å²) in [7, 11) is 1.57. The summed E-state index contributed by atoms with van der Waals surface area (Å²) in [5, 5.41) is 8.46. The predicted octanol–water partition coefficient (Wildman–Crippen LogP) is -0.994. The molecule has 1 aliphatic heterocycles. The summed E-state index contributed by atoms with van der Waals surface area (Å²) >= 11 is 0. The number of rotatable bonds is 6. The van der Waals surface area contributed by atoms with E-state index in [4.69, 9.17) is 4.74 Å². The lowest BCUT2D eigenvalue weighted by Crippen LogP contribution is -2.50. The van der Waals surface area contributed by atoms with E-state index >= 15 is 0 Å². The molecule has 1 heterocycles. The number of hydrogen-bond donors (Lipinski definition) is 3. The second kappa shape index (κ2) is 7.24. The Labute approximate surface area is 101 Å². The zero-order valence-electron chi connectivity index (χ0n) is 10.4. The molecule has 0 radical (unpaired) electrons. The van der Waals surface area contributed by atoms with E-state index in [1.54, 1.807) is 14.0 Å². The predicted molar refractivity (Wildman–Crippen MR) is 63.5 cm³/mol. The Morgan fingerprint density at radius 3 is 2.88 bits per heavy atom. The second-order valence-corrected chi connectivity index (χ2v) is 4.16. The van der Waals surface area contributed by atoms with Crippen molar-refractivity contribution in [2.75, 3.05) is 26.8 Å². The Balaban J connectivity index is 2.24. The van der Waals surface area contributed by atoms with E-state index < -0.39 is 6.04 Å². The molecule has 98 valence electrons. The van der Waals surface area contributed by atoms with Gasteiger partial charge in [-0.25, -0.2) is 0 Å². The third kappa shape index (κ3) is 4.70. The number of hydrogen-bond acceptors (Lipinski definition) is 4. The molecule has 17 heavy (non-hydrogen) atoms. The van der Waals surface area contributed by atoms with Gasteiger partial charge in [0.05, 0.1) is 12.6 Å². The van der Waals surface area contributed by atoms with Crippen LogP contribution >= 0.6 is 0 Å². The van der Waals surface area contributed by atoms with Gasteiger partial charge in [-0.05, 0) is 26.3 Å². The van der Waals surface area contributed by atoms with Crippen molar-refractivity contribution in [3.05, 3.63) is 0 Å². The number of carbonyl (C=O) groups is 2. The fourth-order valence-electron chi connectivity index (χ4n) is 1.72. The molecule has 3 N–H and O–H groups in total. The highest BCUT2D eigenvalue weighted by molar-refractivity contribution is 5.89. The molecule has 0 spiro atoms. The summed E-state index contributed by atoms with van der Waals surface area (Å²) in [5.41, 5.74) is 0. The molecular weight excluding hydrogens is 222 g/mol. The second-order valence-electron chi connectivity index (χ2n) is 4.16. The Kier molecular flexibility index (Phi) is 5.93. The minimum Gasteiger partial charge on any atom is -0.383 e. The maximum Gasteiger partial charge on any atom is 0.242 e. The van der Waals surface area contributed by atoms with Crippen LogP contribution in [0.25, 0.3) is 0 Å². The molecule has 0 aliphatic carbocycles. The third-order valence-electron chi connectivity index (χ3n) is 2.73. The number of methoxy groups -OCH3 is 1. The summed E-state index contributed by atoms with van der Waals surface area (Å²) < 4.78 is 4.82. The van der Waals surface area contributed by atoms with Gasteiger partial charge < -0.3 is 20.7 Å². The Hall–Kier alpha value is -1.14. The van der Waals surface area contributed by atoms with Crippen molar-refractivity contribution in [1.82, 2.24) is 16.0 Å². The first kappa shape index (κ1) is 13.9. The van der Waals surface area contributed by atoms with Crippen molar-refractivity contribution < 1.29 is 14.3 Å². The molecule has 0 aromatic carbocycles. The lowest BCUT2D eigenvalue weighted by molar-refractivity contribution is -0.129. The van der Waals surface area contributed by atoms with Crippen LogP contribution < -0.4 is 16.0 Å². The van der Waals surface area contributed by atoms with Crippen molar-refractivity contribution >= 4 is 11.8 Å². The Morgan fingerprint density at radius 1 is 1.53 bits per heavy atom. The molecule has 2 atom stereocenters. The van der Waals surface area contributed by atoms with Crippen molar-refractivity contribution in [1.29, 1.82) is 0 Å². The highest BCUT2D eigenvalue weighted by atomic mass is 16.5. The van der Waals surface area contributed by atoms with Crippen molar-refractivity contribution in [3.8, 4) is 0 Å². The lowest BCUT2D eigenvalue weighted by Gasteiger charge is -2.16. The fraction of sp³-hybridized carbons (Fsp3) is 0.818. The largest absolute Gasteiger partial charge is 0.383 e. The van der Waals surface area contributed by atoms with Gasteiger partial charge in [0.1, 0.15) is 6.04 Å². The van der Waals surface area contributed by atoms with Crippen molar-refractivity contribution in [2.24, 2.45) is 0 Å². The van der Waals surface area contributed by atoms with Gasteiger partial charge in [-0.1, -0.05) is 0 Å². The van der Waals surface area contributed by atoms with Crippen LogP contribution in [0.1, 0.15) is 19.8 Å². The maximum absolute atomic E-state index is 11.7. The van der Waals surface area contributed by atoms with E-state index in [0.717, 1.165) is 19.4 Å². The van der Waals surface area contributed by atoms with Crippen LogP contribution in [0.4, 0.5) is 0 Å². The standard InChI is InChI=1S/C11H21N3O3/c1-8(10(15)13-6-7-17-2)14-11(16)9-4-3-5-12-9/h8-9,12H,3-7H2,1-2H3,(H,13,15)(H,14,16). The first-order valence-electron chi connectivity index (χ1n) is 5.95. The zero-order chi connectivity index (χ0) is 12.7. The van der Waals surface area contributed by atoms with E-state index in [2.05, 4.69) is 16.0 Å². The molecule has 1 rings (SSSR count). The average molecular weight is 243 g/mol. The highest BCUT2D eigenvalue weighted by Gasteiger charge is 2.24. The van der Waals surface area contributed by atoms with E-state index in [9.17, 15) is 9.59 Å². The molecule has 0 bridgehead atoms. The van der Waals surface area contributed by atoms with Crippen molar-refractivity contribution in [2.45, 2.75) is 31.8 Å². The van der Waals surface area contributed by atoms with Crippen LogP contribution in [0.15, 0.2) is 0 Å². The quantitative estimate of drug-likeness (QED) is 0.523. The molecule has 6 heteroatoms. The van der Waals surface area contributed by atoms with Gasteiger partial charge in [0.25, 0.3) is 0 Å². The molecule has 2 amide bonds. The monoisotopic (exact) mass is 243 g/mol. The Morgan fingerprint density at radius 2 is 2.29 bits per heavy atom. The van der Waals surface area contributed by atoms with E-state index in [-0.39, 0.29) is 17.9 Å². The van der Waals surface area contributed by atoms with Gasteiger partial charge in [0.15, 0.2) is 0 Å². The topological polar surface area (TPSA) is 79.5 Å². The van der Waals surface area contributed by atoms with Crippen molar-refractivity contribution in [3.63, 3.8) is 0 Å². The average Bonchev–Trinajstić information content (AvgIpc) is 2.82. The molecular formula is C11H21N3O3. The van der Waals surface area contributed by atoms with Crippen LogP contribution in [0.3, 0.4) is 0 Å². The highest BCUT2D eigenvalue weighted by Crippen LogP contribution is 2.04. The summed E-state index contributed by atoms with van der Waals surface area (Å²) in [6.45, 7) is 3.47. The summed E-state index contributed by atoms with van der Waals surface area (Å²) in [6, 6.07) is -0.661. The minimum absolute atomic E-state index is 0.100. The normalized spacial score (nSPS) is 20.9. The first-order valence-corrected chi connectivity index (χ1v) is 5.95. The summed E-state index contributed by atoms with van der Waals surface area (Å²) in [4.78, 5) is 23.3. The van der Waals surface area contributed by atoms with Crippen LogP contribution in [0.2, 0.25) is 0 Å². The minimum atomic E-state index is -0.512. The van der Waals surface area contributed by atoms with E-state index in [1.807, 2.05) is 0 Å². The third-order valence-corrected chi connectivity index (χ3v) is 2.73. The van der Waals surface area contributed by atoms with Crippen LogP contribution in [-0.2, 0) is 14.3 Å². The molecule has 1 aliphatic rings. The van der Waals surface area contributed by atoms with Crippen LogP contribution in [0.5, 0.6) is 0 Å².